The minimum Gasteiger partial charge on any atom is -0.335 e. The van der Waals surface area contributed by atoms with Gasteiger partial charge in [-0.3, -0.25) is 0 Å². The number of hydrogen-bond donors (Lipinski definition) is 1. The Hall–Kier alpha value is -2.20. The van der Waals surface area contributed by atoms with Crippen molar-refractivity contribution in [1.82, 2.24) is 14.5 Å². The quantitative estimate of drug-likeness (QED) is 0.762. The van der Waals surface area contributed by atoms with E-state index in [9.17, 15) is 0 Å². The summed E-state index contributed by atoms with van der Waals surface area (Å²) < 4.78 is 2.00. The fourth-order valence-electron chi connectivity index (χ4n) is 2.38. The van der Waals surface area contributed by atoms with Gasteiger partial charge in [0.05, 0.1) is 5.69 Å². The van der Waals surface area contributed by atoms with Gasteiger partial charge in [-0.05, 0) is 12.5 Å². The van der Waals surface area contributed by atoms with E-state index in [0.717, 1.165) is 27.9 Å². The van der Waals surface area contributed by atoms with Crippen molar-refractivity contribution in [1.29, 1.82) is 0 Å². The molecule has 0 atom stereocenters. The largest absolute Gasteiger partial charge is 0.335 e. The Labute approximate surface area is 111 Å². The summed E-state index contributed by atoms with van der Waals surface area (Å²) in [6.07, 6.45) is 3.63. The fraction of sp³-hybridized carbons (Fsp3) is 0.200. The first-order valence-corrected chi connectivity index (χ1v) is 6.26. The molecule has 0 bridgehead atoms. The predicted molar refractivity (Wildman–Crippen MR) is 76.6 cm³/mol. The smallest absolute Gasteiger partial charge is 0.144 e. The molecule has 0 fully saturated rings. The van der Waals surface area contributed by atoms with E-state index in [2.05, 4.69) is 41.2 Å². The molecule has 2 heterocycles. The summed E-state index contributed by atoms with van der Waals surface area (Å²) in [4.78, 5) is 8.80. The van der Waals surface area contributed by atoms with Crippen LogP contribution < -0.4 is 5.73 Å². The predicted octanol–water partition coefficient (Wildman–Crippen LogP) is 2.40. The van der Waals surface area contributed by atoms with Crippen LogP contribution in [0.2, 0.25) is 0 Å². The number of aromatic nitrogens is 3. The highest BCUT2D eigenvalue weighted by Gasteiger charge is 2.13. The fourth-order valence-corrected chi connectivity index (χ4v) is 2.38. The van der Waals surface area contributed by atoms with Gasteiger partial charge in [0, 0.05) is 30.7 Å². The number of benzene rings is 1. The summed E-state index contributed by atoms with van der Waals surface area (Å²) in [6.45, 7) is 2.57. The summed E-state index contributed by atoms with van der Waals surface area (Å²) in [5.41, 5.74) is 11.1. The van der Waals surface area contributed by atoms with Crippen LogP contribution in [0.25, 0.3) is 22.3 Å². The lowest BCUT2D eigenvalue weighted by atomic mass is 10.1. The van der Waals surface area contributed by atoms with Gasteiger partial charge in [0.15, 0.2) is 0 Å². The van der Waals surface area contributed by atoms with E-state index in [1.165, 1.54) is 5.56 Å². The minimum absolute atomic E-state index is 0.490. The summed E-state index contributed by atoms with van der Waals surface area (Å²) >= 11 is 0. The van der Waals surface area contributed by atoms with Gasteiger partial charge in [0.2, 0.25) is 0 Å². The van der Waals surface area contributed by atoms with Crippen molar-refractivity contribution < 1.29 is 0 Å². The van der Waals surface area contributed by atoms with Gasteiger partial charge in [-0.2, -0.15) is 0 Å². The molecular weight excluding hydrogens is 236 g/mol. The topological polar surface area (TPSA) is 56.7 Å². The van der Waals surface area contributed by atoms with Crippen molar-refractivity contribution >= 4 is 11.0 Å². The summed E-state index contributed by atoms with van der Waals surface area (Å²) in [5.74, 6) is 0. The van der Waals surface area contributed by atoms with Gasteiger partial charge in [-0.25, -0.2) is 9.97 Å². The monoisotopic (exact) mass is 252 g/mol. The maximum Gasteiger partial charge on any atom is 0.144 e. The molecule has 0 saturated carbocycles. The van der Waals surface area contributed by atoms with Crippen molar-refractivity contribution in [2.45, 2.75) is 13.5 Å². The summed E-state index contributed by atoms with van der Waals surface area (Å²) in [6, 6.07) is 8.36. The maximum atomic E-state index is 5.83. The van der Waals surface area contributed by atoms with Gasteiger partial charge in [0.1, 0.15) is 12.0 Å². The Morgan fingerprint density at radius 3 is 2.58 bits per heavy atom. The zero-order valence-electron chi connectivity index (χ0n) is 11.1. The molecule has 0 radical (unpaired) electrons. The van der Waals surface area contributed by atoms with Gasteiger partial charge >= 0.3 is 0 Å². The first-order chi connectivity index (χ1) is 9.20. The second-order valence-corrected chi connectivity index (χ2v) is 4.76. The van der Waals surface area contributed by atoms with E-state index in [1.54, 1.807) is 6.33 Å². The number of nitrogens with zero attached hydrogens (tertiary/aromatic N) is 3. The first-order valence-electron chi connectivity index (χ1n) is 6.26. The van der Waals surface area contributed by atoms with Crippen molar-refractivity contribution in [3.8, 4) is 11.3 Å². The van der Waals surface area contributed by atoms with Crippen LogP contribution in [0.3, 0.4) is 0 Å². The minimum atomic E-state index is 0.490. The Morgan fingerprint density at radius 1 is 1.16 bits per heavy atom. The molecule has 0 saturated heterocycles. The average Bonchev–Trinajstić information content (AvgIpc) is 2.77. The van der Waals surface area contributed by atoms with Crippen LogP contribution in [0.1, 0.15) is 11.1 Å². The molecule has 4 nitrogen and oxygen atoms in total. The van der Waals surface area contributed by atoms with E-state index in [-0.39, 0.29) is 0 Å². The molecule has 0 aliphatic carbocycles. The van der Waals surface area contributed by atoms with Crippen LogP contribution in [0.15, 0.2) is 36.8 Å². The zero-order valence-corrected chi connectivity index (χ0v) is 11.1. The van der Waals surface area contributed by atoms with Crippen LogP contribution in [0, 0.1) is 6.92 Å². The number of hydrogen-bond acceptors (Lipinski definition) is 3. The number of nitrogens with two attached hydrogens (primary N) is 1. The molecule has 0 unspecified atom stereocenters. The van der Waals surface area contributed by atoms with Crippen LogP contribution in [0.5, 0.6) is 0 Å². The molecule has 3 rings (SSSR count). The molecular formula is C15H16N4. The van der Waals surface area contributed by atoms with Crippen molar-refractivity contribution in [2.24, 2.45) is 12.8 Å². The van der Waals surface area contributed by atoms with Crippen molar-refractivity contribution in [3.05, 3.63) is 47.9 Å². The highest BCUT2D eigenvalue weighted by Crippen LogP contribution is 2.29. The molecule has 0 aliphatic rings. The number of aryl methyl sites for hydroxylation is 2. The molecule has 2 N–H and O–H groups in total. The molecule has 1 aromatic carbocycles. The maximum absolute atomic E-state index is 5.83. The van der Waals surface area contributed by atoms with E-state index < -0.39 is 0 Å². The van der Waals surface area contributed by atoms with E-state index in [1.807, 2.05) is 17.8 Å². The average molecular weight is 252 g/mol. The van der Waals surface area contributed by atoms with Gasteiger partial charge < -0.3 is 10.3 Å². The molecule has 19 heavy (non-hydrogen) atoms. The van der Waals surface area contributed by atoms with Gasteiger partial charge in [-0.1, -0.05) is 29.8 Å². The van der Waals surface area contributed by atoms with Crippen molar-refractivity contribution in [3.63, 3.8) is 0 Å². The number of rotatable bonds is 2. The Morgan fingerprint density at radius 2 is 1.89 bits per heavy atom. The van der Waals surface area contributed by atoms with Crippen molar-refractivity contribution in [2.75, 3.05) is 0 Å². The standard InChI is InChI=1S/C15H16N4/c1-10-3-5-11(6-4-10)14-13-12(7-16)8-19(2)15(13)18-9-17-14/h3-6,8-9H,7,16H2,1-2H3. The van der Waals surface area contributed by atoms with E-state index >= 15 is 0 Å². The molecule has 0 amide bonds. The molecule has 2 aromatic heterocycles. The third-order valence-electron chi connectivity index (χ3n) is 3.38. The lowest BCUT2D eigenvalue weighted by Crippen LogP contribution is -1.96. The van der Waals surface area contributed by atoms with Crippen LogP contribution in [0.4, 0.5) is 0 Å². The second kappa shape index (κ2) is 4.48. The normalized spacial score (nSPS) is 11.1. The van der Waals surface area contributed by atoms with Crippen LogP contribution in [-0.2, 0) is 13.6 Å². The third-order valence-corrected chi connectivity index (χ3v) is 3.38. The Kier molecular flexibility index (Phi) is 2.80. The van der Waals surface area contributed by atoms with Crippen LogP contribution in [-0.4, -0.2) is 14.5 Å². The Balaban J connectivity index is 2.31. The second-order valence-electron chi connectivity index (χ2n) is 4.76. The van der Waals surface area contributed by atoms with Gasteiger partial charge in [0.25, 0.3) is 0 Å². The molecule has 4 heteroatoms. The Bertz CT molecular complexity index is 726. The van der Waals surface area contributed by atoms with Crippen LogP contribution >= 0.6 is 0 Å². The lowest BCUT2D eigenvalue weighted by molar-refractivity contribution is 0.930. The molecule has 3 aromatic rings. The van der Waals surface area contributed by atoms with E-state index in [0.29, 0.717) is 6.54 Å². The highest BCUT2D eigenvalue weighted by molar-refractivity contribution is 5.93. The zero-order chi connectivity index (χ0) is 13.4. The number of fused-ring (bicyclic) bond motifs is 1. The molecule has 0 aliphatic heterocycles. The third kappa shape index (κ3) is 1.90. The molecule has 0 spiro atoms. The summed E-state index contributed by atoms with van der Waals surface area (Å²) in [5, 5.41) is 1.05. The van der Waals surface area contributed by atoms with Gasteiger partial charge in [-0.15, -0.1) is 0 Å². The SMILES string of the molecule is Cc1ccc(-c2ncnc3c2c(CN)cn3C)cc1. The van der Waals surface area contributed by atoms with E-state index in [4.69, 9.17) is 5.73 Å². The highest BCUT2D eigenvalue weighted by atomic mass is 15.0. The first kappa shape index (κ1) is 11.9. The lowest BCUT2D eigenvalue weighted by Gasteiger charge is -2.05. The molecule has 96 valence electrons. The summed E-state index contributed by atoms with van der Waals surface area (Å²) in [7, 11) is 1.98.